The Morgan fingerprint density at radius 2 is 2.23 bits per heavy atom. The summed E-state index contributed by atoms with van der Waals surface area (Å²) in [6, 6.07) is 0.626. The van der Waals surface area contributed by atoms with Crippen molar-refractivity contribution in [1.82, 2.24) is 20.1 Å². The summed E-state index contributed by atoms with van der Waals surface area (Å²) in [6.07, 6.45) is 24.2. The zero-order valence-corrected chi connectivity index (χ0v) is 24.1. The molecule has 3 N–H and O–H groups in total. The van der Waals surface area contributed by atoms with Crippen LogP contribution in [0.4, 0.5) is 0 Å². The number of nitrogens with one attached hydrogen (secondary N) is 1. The zero-order valence-electron chi connectivity index (χ0n) is 24.1. The molecule has 0 bridgehead atoms. The van der Waals surface area contributed by atoms with Crippen molar-refractivity contribution < 1.29 is 4.74 Å². The topological polar surface area (TPSA) is 95.1 Å². The summed E-state index contributed by atoms with van der Waals surface area (Å²) in [5.41, 5.74) is 12.2. The molecule has 1 aromatic heterocycles. The van der Waals surface area contributed by atoms with Crippen molar-refractivity contribution in [1.29, 1.82) is 0 Å². The van der Waals surface area contributed by atoms with Gasteiger partial charge in [0, 0.05) is 31.5 Å². The van der Waals surface area contributed by atoms with Gasteiger partial charge in [-0.25, -0.2) is 0 Å². The molecular formula is C32H43N7O. The normalized spacial score (nSPS) is 27.6. The fourth-order valence-electron chi connectivity index (χ4n) is 6.26. The molecule has 0 spiro atoms. The number of nitrogens with zero attached hydrogens (tertiary/aromatic N) is 5. The molecule has 0 aromatic carbocycles. The van der Waals surface area contributed by atoms with Gasteiger partial charge < -0.3 is 10.5 Å². The summed E-state index contributed by atoms with van der Waals surface area (Å²) in [4.78, 5) is 2.61. The van der Waals surface area contributed by atoms with Crippen LogP contribution in [0.15, 0.2) is 88.2 Å². The molecule has 0 radical (unpaired) electrons. The Bertz CT molecular complexity index is 1310. The first-order valence-corrected chi connectivity index (χ1v) is 14.5. The SMILES string of the molecule is C=C/C(=C\c1cn[nH]c1C(/C=C\N)=C/CC)C12CC1N([C@@H]1CCCCN(CC3=C(C)C=CC=C(OC)C3)C1)N=N2. The molecule has 2 unspecified atom stereocenters. The lowest BCUT2D eigenvalue weighted by Crippen LogP contribution is -2.42. The van der Waals surface area contributed by atoms with E-state index in [0.29, 0.717) is 6.04 Å². The Morgan fingerprint density at radius 1 is 1.35 bits per heavy atom. The van der Waals surface area contributed by atoms with Crippen LogP contribution in [0.2, 0.25) is 0 Å². The predicted octanol–water partition coefficient (Wildman–Crippen LogP) is 6.10. The monoisotopic (exact) mass is 541 g/mol. The molecule has 3 atom stereocenters. The number of ether oxygens (including phenoxy) is 1. The molecule has 2 aliphatic heterocycles. The van der Waals surface area contributed by atoms with Crippen LogP contribution in [0, 0.1) is 0 Å². The number of fused-ring (bicyclic) bond motifs is 1. The molecule has 1 saturated heterocycles. The van der Waals surface area contributed by atoms with E-state index in [9.17, 15) is 0 Å². The molecule has 4 aliphatic rings. The maximum absolute atomic E-state index is 5.72. The number of rotatable bonds is 10. The largest absolute Gasteiger partial charge is 0.501 e. The van der Waals surface area contributed by atoms with Gasteiger partial charge in [0.25, 0.3) is 0 Å². The minimum Gasteiger partial charge on any atom is -0.501 e. The van der Waals surface area contributed by atoms with Crippen LogP contribution in [-0.4, -0.2) is 64.5 Å². The first-order valence-electron chi connectivity index (χ1n) is 14.5. The van der Waals surface area contributed by atoms with E-state index in [1.165, 1.54) is 24.0 Å². The number of aromatic nitrogens is 2. The first kappa shape index (κ1) is 27.9. The molecular weight excluding hydrogens is 498 g/mol. The highest BCUT2D eigenvalue weighted by Crippen LogP contribution is 2.56. The van der Waals surface area contributed by atoms with Gasteiger partial charge in [-0.2, -0.15) is 10.2 Å². The van der Waals surface area contributed by atoms with E-state index in [1.54, 1.807) is 13.3 Å². The van der Waals surface area contributed by atoms with Crippen molar-refractivity contribution in [2.24, 2.45) is 16.1 Å². The van der Waals surface area contributed by atoms with Gasteiger partial charge >= 0.3 is 0 Å². The minimum absolute atomic E-state index is 0.274. The van der Waals surface area contributed by atoms with E-state index in [4.69, 9.17) is 20.8 Å². The van der Waals surface area contributed by atoms with Crippen LogP contribution in [0.3, 0.4) is 0 Å². The second kappa shape index (κ2) is 12.3. The number of allylic oxidation sites excluding steroid dienone is 8. The Balaban J connectivity index is 1.31. The van der Waals surface area contributed by atoms with Crippen molar-refractivity contribution in [2.45, 2.75) is 70.0 Å². The molecule has 3 heterocycles. The number of nitrogens with two attached hydrogens (primary N) is 1. The lowest BCUT2D eigenvalue weighted by molar-refractivity contribution is 0.148. The standard InChI is InChI=1S/C32H43N7O/c1-5-10-24(14-15-33)31-25(20-34-35-31)17-27(6-2)32-19-30(32)39(37-36-32)28-12-7-8-16-38(22-28)21-26-18-29(40-4)13-9-11-23(26)3/h6,9-11,13-15,17,20,28,30H,2,5,7-8,12,16,18-19,21-22,33H2,1,3-4H3,(H,34,35)/b15-14-,24-10+,27-17+/t28-,30?,32?/m1/s1. The molecule has 1 saturated carbocycles. The molecule has 40 heavy (non-hydrogen) atoms. The summed E-state index contributed by atoms with van der Waals surface area (Å²) in [7, 11) is 1.76. The molecule has 8 heteroatoms. The molecule has 2 fully saturated rings. The van der Waals surface area contributed by atoms with E-state index < -0.39 is 0 Å². The van der Waals surface area contributed by atoms with Crippen LogP contribution in [-0.2, 0) is 4.74 Å². The highest BCUT2D eigenvalue weighted by molar-refractivity contribution is 5.79. The van der Waals surface area contributed by atoms with Crippen molar-refractivity contribution in [3.05, 3.63) is 89.2 Å². The smallest absolute Gasteiger partial charge is 0.133 e. The summed E-state index contributed by atoms with van der Waals surface area (Å²) in [5.74, 6) is 1.02. The molecule has 5 rings (SSSR count). The second-order valence-electron chi connectivity index (χ2n) is 11.2. The Labute approximate surface area is 238 Å². The van der Waals surface area contributed by atoms with Crippen LogP contribution >= 0.6 is 0 Å². The fourth-order valence-corrected chi connectivity index (χ4v) is 6.26. The summed E-state index contributed by atoms with van der Waals surface area (Å²) >= 11 is 0. The average Bonchev–Trinajstić information content (AvgIpc) is 3.48. The molecule has 2 aliphatic carbocycles. The second-order valence-corrected chi connectivity index (χ2v) is 11.2. The van der Waals surface area contributed by atoms with Crippen LogP contribution in [0.25, 0.3) is 11.6 Å². The fraction of sp³-hybridized carbons (Fsp3) is 0.469. The van der Waals surface area contributed by atoms with E-state index in [0.717, 1.165) is 73.5 Å². The van der Waals surface area contributed by atoms with Gasteiger partial charge in [0.1, 0.15) is 5.54 Å². The maximum Gasteiger partial charge on any atom is 0.133 e. The van der Waals surface area contributed by atoms with Gasteiger partial charge in [-0.15, -0.1) is 0 Å². The maximum atomic E-state index is 5.72. The van der Waals surface area contributed by atoms with Crippen molar-refractivity contribution in [3.63, 3.8) is 0 Å². The third-order valence-electron chi connectivity index (χ3n) is 8.58. The summed E-state index contributed by atoms with van der Waals surface area (Å²) < 4.78 is 5.60. The Hall–Kier alpha value is -3.65. The Kier molecular flexibility index (Phi) is 8.54. The molecule has 0 amide bonds. The number of aromatic amines is 1. The van der Waals surface area contributed by atoms with Crippen molar-refractivity contribution in [3.8, 4) is 0 Å². The molecule has 212 valence electrons. The van der Waals surface area contributed by atoms with Gasteiger partial charge in [-0.1, -0.05) is 55.0 Å². The van der Waals surface area contributed by atoms with Crippen molar-refractivity contribution in [2.75, 3.05) is 26.7 Å². The van der Waals surface area contributed by atoms with Gasteiger partial charge in [0.2, 0.25) is 0 Å². The van der Waals surface area contributed by atoms with E-state index in [1.807, 2.05) is 18.3 Å². The van der Waals surface area contributed by atoms with Crippen LogP contribution < -0.4 is 5.73 Å². The zero-order chi connectivity index (χ0) is 28.1. The predicted molar refractivity (Wildman–Crippen MR) is 162 cm³/mol. The van der Waals surface area contributed by atoms with Gasteiger partial charge in [0.05, 0.1) is 36.8 Å². The third-order valence-corrected chi connectivity index (χ3v) is 8.58. The van der Waals surface area contributed by atoms with E-state index in [-0.39, 0.29) is 11.6 Å². The van der Waals surface area contributed by atoms with Crippen LogP contribution in [0.1, 0.15) is 63.6 Å². The lowest BCUT2D eigenvalue weighted by atomic mass is 9.99. The minimum atomic E-state index is -0.324. The number of H-pyrrole nitrogens is 1. The van der Waals surface area contributed by atoms with Crippen LogP contribution in [0.5, 0.6) is 0 Å². The summed E-state index contributed by atoms with van der Waals surface area (Å²) in [6.45, 7) is 11.5. The molecule has 8 nitrogen and oxygen atoms in total. The van der Waals surface area contributed by atoms with Gasteiger partial charge in [0.15, 0.2) is 0 Å². The number of hydrogen-bond acceptors (Lipinski definition) is 7. The van der Waals surface area contributed by atoms with E-state index in [2.05, 4.69) is 70.9 Å². The van der Waals surface area contributed by atoms with Gasteiger partial charge in [-0.05, 0) is 73.9 Å². The Morgan fingerprint density at radius 3 is 2.98 bits per heavy atom. The highest BCUT2D eigenvalue weighted by atomic mass is 16.5. The first-order chi connectivity index (χ1) is 19.5. The number of likely N-dealkylation sites (tertiary alicyclic amines) is 1. The molecule has 1 aromatic rings. The summed E-state index contributed by atoms with van der Waals surface area (Å²) in [5, 5.41) is 19.4. The highest BCUT2D eigenvalue weighted by Gasteiger charge is 2.65. The van der Waals surface area contributed by atoms with Crippen molar-refractivity contribution >= 4 is 11.6 Å². The van der Waals surface area contributed by atoms with Gasteiger partial charge in [-0.3, -0.25) is 15.0 Å². The number of hydrogen-bond donors (Lipinski definition) is 2. The lowest BCUT2D eigenvalue weighted by Gasteiger charge is -2.30. The average molecular weight is 542 g/mol. The number of methoxy groups -OCH3 is 1. The third kappa shape index (κ3) is 5.63. The van der Waals surface area contributed by atoms with E-state index >= 15 is 0 Å². The quantitative estimate of drug-likeness (QED) is 0.349.